The van der Waals surface area contributed by atoms with Gasteiger partial charge in [0.05, 0.1) is 0 Å². The fourth-order valence-electron chi connectivity index (χ4n) is 0.952. The van der Waals surface area contributed by atoms with Gasteiger partial charge in [0.15, 0.2) is 5.69 Å². The van der Waals surface area contributed by atoms with Gasteiger partial charge in [-0.2, -0.15) is 5.26 Å². The monoisotopic (exact) mass is 187 g/mol. The van der Waals surface area contributed by atoms with Crippen LogP contribution in [0, 0.1) is 11.3 Å². The first-order valence-corrected chi connectivity index (χ1v) is 4.54. The molecule has 4 heteroatoms. The summed E-state index contributed by atoms with van der Waals surface area (Å²) < 4.78 is 0. The van der Waals surface area contributed by atoms with Crippen molar-refractivity contribution in [1.29, 1.82) is 5.26 Å². The van der Waals surface area contributed by atoms with E-state index >= 15 is 0 Å². The molecule has 0 N–H and O–H groups in total. The van der Waals surface area contributed by atoms with Crippen LogP contribution in [0.2, 0.25) is 0 Å². The third kappa shape index (κ3) is 1.55. The van der Waals surface area contributed by atoms with Gasteiger partial charge in [0.2, 0.25) is 0 Å². The zero-order valence-corrected chi connectivity index (χ0v) is 7.45. The van der Waals surface area contributed by atoms with E-state index < -0.39 is 0 Å². The summed E-state index contributed by atoms with van der Waals surface area (Å²) in [6.07, 6.45) is 3.42. The maximum Gasteiger partial charge on any atom is 0.152 e. The molecule has 0 saturated heterocycles. The molecule has 0 spiro atoms. The van der Waals surface area contributed by atoms with Crippen LogP contribution < -0.4 is 0 Å². The lowest BCUT2D eigenvalue weighted by Gasteiger charge is -1.91. The molecule has 0 radical (unpaired) electrons. The molecular weight excluding hydrogens is 182 g/mol. The summed E-state index contributed by atoms with van der Waals surface area (Å²) in [6, 6.07) is 5.75. The first kappa shape index (κ1) is 7.90. The summed E-state index contributed by atoms with van der Waals surface area (Å²) in [6.45, 7) is 0. The molecule has 2 aromatic heterocycles. The van der Waals surface area contributed by atoms with E-state index in [-0.39, 0.29) is 0 Å². The molecule has 0 amide bonds. The Morgan fingerprint density at radius 2 is 2.08 bits per heavy atom. The minimum Gasteiger partial charge on any atom is -0.265 e. The number of aromatic nitrogens is 2. The van der Waals surface area contributed by atoms with E-state index in [1.54, 1.807) is 17.8 Å². The van der Waals surface area contributed by atoms with Crippen LogP contribution in [0.25, 0.3) is 10.6 Å². The number of nitriles is 1. The molecule has 0 saturated carbocycles. The lowest BCUT2D eigenvalue weighted by molar-refractivity contribution is 1.30. The maximum atomic E-state index is 8.58. The van der Waals surface area contributed by atoms with Gasteiger partial charge < -0.3 is 0 Å². The molecule has 0 aromatic carbocycles. The molecule has 0 bridgehead atoms. The zero-order chi connectivity index (χ0) is 9.10. The Morgan fingerprint density at radius 3 is 2.69 bits per heavy atom. The van der Waals surface area contributed by atoms with Crippen molar-refractivity contribution < 1.29 is 0 Å². The second-order valence-electron chi connectivity index (χ2n) is 2.39. The molecule has 2 rings (SSSR count). The summed E-state index contributed by atoms with van der Waals surface area (Å²) >= 11 is 1.47. The second kappa shape index (κ2) is 3.33. The van der Waals surface area contributed by atoms with E-state index in [4.69, 9.17) is 5.26 Å². The molecule has 13 heavy (non-hydrogen) atoms. The highest BCUT2D eigenvalue weighted by Crippen LogP contribution is 2.22. The lowest BCUT2D eigenvalue weighted by Crippen LogP contribution is -1.77. The van der Waals surface area contributed by atoms with E-state index in [0.29, 0.717) is 5.69 Å². The molecule has 2 heterocycles. The van der Waals surface area contributed by atoms with Gasteiger partial charge in [0, 0.05) is 23.3 Å². The molecule has 62 valence electrons. The molecule has 0 unspecified atom stereocenters. The van der Waals surface area contributed by atoms with Gasteiger partial charge >= 0.3 is 0 Å². The van der Waals surface area contributed by atoms with Crippen molar-refractivity contribution in [2.75, 3.05) is 0 Å². The highest BCUT2D eigenvalue weighted by atomic mass is 32.1. The fraction of sp³-hybridized carbons (Fsp3) is 0. The number of nitrogens with zero attached hydrogens (tertiary/aromatic N) is 3. The third-order valence-corrected chi connectivity index (χ3v) is 2.44. The summed E-state index contributed by atoms with van der Waals surface area (Å²) in [5, 5.41) is 11.2. The van der Waals surface area contributed by atoms with Crippen molar-refractivity contribution in [2.45, 2.75) is 0 Å². The minimum absolute atomic E-state index is 0.469. The van der Waals surface area contributed by atoms with Gasteiger partial charge in [0.25, 0.3) is 0 Å². The van der Waals surface area contributed by atoms with Crippen LogP contribution in [0.15, 0.2) is 29.9 Å². The summed E-state index contributed by atoms with van der Waals surface area (Å²) in [5.41, 5.74) is 1.47. The summed E-state index contributed by atoms with van der Waals surface area (Å²) in [5.74, 6) is 0. The van der Waals surface area contributed by atoms with Gasteiger partial charge in [-0.15, -0.1) is 11.3 Å². The average Bonchev–Trinajstić information content (AvgIpc) is 2.67. The van der Waals surface area contributed by atoms with E-state index in [2.05, 4.69) is 9.97 Å². The van der Waals surface area contributed by atoms with Crippen molar-refractivity contribution in [2.24, 2.45) is 0 Å². The molecule has 2 aromatic rings. The Kier molecular flexibility index (Phi) is 2.02. The number of hydrogen-bond donors (Lipinski definition) is 0. The smallest absolute Gasteiger partial charge is 0.152 e. The number of pyridine rings is 1. The van der Waals surface area contributed by atoms with Crippen LogP contribution in [-0.4, -0.2) is 9.97 Å². The molecule has 0 aliphatic heterocycles. The number of thiazole rings is 1. The molecule has 0 aliphatic rings. The number of rotatable bonds is 1. The highest BCUT2D eigenvalue weighted by Gasteiger charge is 2.02. The normalized spacial score (nSPS) is 9.46. The van der Waals surface area contributed by atoms with Gasteiger partial charge in [-0.25, -0.2) is 4.98 Å². The third-order valence-electron chi connectivity index (χ3n) is 1.55. The summed E-state index contributed by atoms with van der Waals surface area (Å²) in [4.78, 5) is 8.04. The second-order valence-corrected chi connectivity index (χ2v) is 3.24. The zero-order valence-electron chi connectivity index (χ0n) is 6.64. The molecule has 3 nitrogen and oxygen atoms in total. The van der Waals surface area contributed by atoms with Crippen molar-refractivity contribution in [3.8, 4) is 16.6 Å². The van der Waals surface area contributed by atoms with Crippen LogP contribution in [0.1, 0.15) is 5.69 Å². The van der Waals surface area contributed by atoms with Crippen molar-refractivity contribution in [3.63, 3.8) is 0 Å². The van der Waals surface area contributed by atoms with Crippen LogP contribution in [-0.2, 0) is 0 Å². The quantitative estimate of drug-likeness (QED) is 0.686. The van der Waals surface area contributed by atoms with Gasteiger partial charge in [-0.3, -0.25) is 4.98 Å². The molecule has 0 aliphatic carbocycles. The average molecular weight is 187 g/mol. The highest BCUT2D eigenvalue weighted by molar-refractivity contribution is 7.13. The Balaban J connectivity index is 2.43. The number of hydrogen-bond acceptors (Lipinski definition) is 4. The van der Waals surface area contributed by atoms with Crippen LogP contribution in [0.5, 0.6) is 0 Å². The van der Waals surface area contributed by atoms with E-state index in [9.17, 15) is 0 Å². The predicted molar refractivity (Wildman–Crippen MR) is 50.1 cm³/mol. The van der Waals surface area contributed by atoms with Crippen LogP contribution in [0.4, 0.5) is 0 Å². The van der Waals surface area contributed by atoms with E-state index in [1.165, 1.54) is 11.3 Å². The van der Waals surface area contributed by atoms with Gasteiger partial charge in [0.1, 0.15) is 11.1 Å². The van der Waals surface area contributed by atoms with Crippen molar-refractivity contribution in [1.82, 2.24) is 9.97 Å². The standard InChI is InChI=1S/C9H5N3S/c10-5-8-6-13-9(12-8)7-1-3-11-4-2-7/h1-4,6H. The van der Waals surface area contributed by atoms with E-state index in [1.807, 2.05) is 18.2 Å². The molecule has 0 fully saturated rings. The van der Waals surface area contributed by atoms with Crippen molar-refractivity contribution in [3.05, 3.63) is 35.6 Å². The fourth-order valence-corrected chi connectivity index (χ4v) is 1.70. The Labute approximate surface area is 79.3 Å². The largest absolute Gasteiger partial charge is 0.265 e. The van der Waals surface area contributed by atoms with Gasteiger partial charge in [-0.05, 0) is 12.1 Å². The van der Waals surface area contributed by atoms with Crippen molar-refractivity contribution >= 4 is 11.3 Å². The van der Waals surface area contributed by atoms with E-state index in [0.717, 1.165) is 10.6 Å². The van der Waals surface area contributed by atoms with Gasteiger partial charge in [-0.1, -0.05) is 0 Å². The minimum atomic E-state index is 0.469. The topological polar surface area (TPSA) is 49.6 Å². The lowest BCUT2D eigenvalue weighted by atomic mass is 10.3. The first-order valence-electron chi connectivity index (χ1n) is 3.66. The Hall–Kier alpha value is -1.73. The molecular formula is C9H5N3S. The SMILES string of the molecule is N#Cc1csc(-c2ccncc2)n1. The Morgan fingerprint density at radius 1 is 1.31 bits per heavy atom. The van der Waals surface area contributed by atoms with Crippen LogP contribution >= 0.6 is 11.3 Å². The summed E-state index contributed by atoms with van der Waals surface area (Å²) in [7, 11) is 0. The predicted octanol–water partition coefficient (Wildman–Crippen LogP) is 2.08. The van der Waals surface area contributed by atoms with Crippen LogP contribution in [0.3, 0.4) is 0 Å². The Bertz CT molecular complexity index is 441. The molecule has 0 atom stereocenters. The first-order chi connectivity index (χ1) is 6.40. The maximum absolute atomic E-state index is 8.58.